The first-order valence-electron chi connectivity index (χ1n) is 7.11. The molecule has 2 rings (SSSR count). The summed E-state index contributed by atoms with van der Waals surface area (Å²) in [4.78, 5) is 23.3. The van der Waals surface area contributed by atoms with Gasteiger partial charge >= 0.3 is 12.1 Å². The van der Waals surface area contributed by atoms with Gasteiger partial charge in [-0.1, -0.05) is 12.1 Å². The van der Waals surface area contributed by atoms with Gasteiger partial charge in [-0.3, -0.25) is 4.79 Å². The lowest BCUT2D eigenvalue weighted by Gasteiger charge is -2.10. The average molecular weight is 355 g/mol. The van der Waals surface area contributed by atoms with Gasteiger partial charge in [0.1, 0.15) is 5.82 Å². The van der Waals surface area contributed by atoms with Crippen LogP contribution in [0.25, 0.3) is 0 Å². The number of nitrogens with one attached hydrogen (secondary N) is 1. The van der Waals surface area contributed by atoms with Gasteiger partial charge in [-0.15, -0.1) is 0 Å². The van der Waals surface area contributed by atoms with Crippen LogP contribution in [-0.4, -0.2) is 18.5 Å². The van der Waals surface area contributed by atoms with Gasteiger partial charge in [0.15, 0.2) is 6.61 Å². The predicted molar refractivity (Wildman–Crippen MR) is 80.0 cm³/mol. The molecular weight excluding hydrogens is 342 g/mol. The molecule has 0 saturated heterocycles. The number of alkyl halides is 3. The van der Waals surface area contributed by atoms with Crippen molar-refractivity contribution in [3.05, 3.63) is 71.0 Å². The van der Waals surface area contributed by atoms with Crippen molar-refractivity contribution < 1.29 is 31.9 Å². The summed E-state index contributed by atoms with van der Waals surface area (Å²) in [6.45, 7) is -0.744. The molecule has 0 heterocycles. The molecule has 0 unspecified atom stereocenters. The van der Waals surface area contributed by atoms with Crippen LogP contribution in [0, 0.1) is 5.82 Å². The molecule has 0 fully saturated rings. The van der Waals surface area contributed by atoms with E-state index in [1.807, 2.05) is 0 Å². The number of hydrogen-bond acceptors (Lipinski definition) is 3. The fourth-order valence-electron chi connectivity index (χ4n) is 1.91. The Kier molecular flexibility index (Phi) is 5.74. The van der Waals surface area contributed by atoms with Crippen molar-refractivity contribution in [2.45, 2.75) is 12.7 Å². The molecule has 4 nitrogen and oxygen atoms in total. The second kappa shape index (κ2) is 7.78. The summed E-state index contributed by atoms with van der Waals surface area (Å²) in [6.07, 6.45) is -4.47. The van der Waals surface area contributed by atoms with Gasteiger partial charge in [-0.25, -0.2) is 9.18 Å². The van der Waals surface area contributed by atoms with Crippen molar-refractivity contribution in [2.24, 2.45) is 0 Å². The molecule has 0 aliphatic carbocycles. The molecule has 0 aliphatic heterocycles. The highest BCUT2D eigenvalue weighted by Gasteiger charge is 2.30. The lowest BCUT2D eigenvalue weighted by molar-refractivity contribution is -0.137. The zero-order valence-corrected chi connectivity index (χ0v) is 12.8. The Labute approximate surface area is 140 Å². The summed E-state index contributed by atoms with van der Waals surface area (Å²) in [5.41, 5.74) is -0.484. The van der Waals surface area contributed by atoms with Crippen LogP contribution in [-0.2, 0) is 22.3 Å². The van der Waals surface area contributed by atoms with Gasteiger partial charge in [0.2, 0.25) is 0 Å². The molecule has 2 aromatic rings. The Morgan fingerprint density at radius 3 is 2.36 bits per heavy atom. The highest BCUT2D eigenvalue weighted by atomic mass is 19.4. The number of esters is 1. The van der Waals surface area contributed by atoms with Gasteiger partial charge < -0.3 is 10.1 Å². The monoisotopic (exact) mass is 355 g/mol. The first-order chi connectivity index (χ1) is 11.8. The first-order valence-corrected chi connectivity index (χ1v) is 7.11. The normalized spacial score (nSPS) is 11.0. The molecular formula is C17H13F4NO3. The smallest absolute Gasteiger partial charge is 0.416 e. The average Bonchev–Trinajstić information content (AvgIpc) is 2.58. The van der Waals surface area contributed by atoms with E-state index in [-0.39, 0.29) is 17.7 Å². The van der Waals surface area contributed by atoms with E-state index < -0.39 is 36.0 Å². The summed E-state index contributed by atoms with van der Waals surface area (Å²) in [7, 11) is 0. The van der Waals surface area contributed by atoms with Crippen LogP contribution in [0.2, 0.25) is 0 Å². The molecule has 0 bridgehead atoms. The summed E-state index contributed by atoms with van der Waals surface area (Å²) < 4.78 is 55.3. The summed E-state index contributed by atoms with van der Waals surface area (Å²) >= 11 is 0. The van der Waals surface area contributed by atoms with E-state index in [0.717, 1.165) is 24.3 Å². The number of halogens is 4. The van der Waals surface area contributed by atoms with E-state index in [4.69, 9.17) is 4.74 Å². The zero-order chi connectivity index (χ0) is 18.4. The van der Waals surface area contributed by atoms with Crippen LogP contribution in [0.4, 0.5) is 17.6 Å². The van der Waals surface area contributed by atoms with Crippen molar-refractivity contribution in [2.75, 3.05) is 6.61 Å². The third-order valence-electron chi connectivity index (χ3n) is 3.16. The second-order valence-corrected chi connectivity index (χ2v) is 5.06. The van der Waals surface area contributed by atoms with Crippen LogP contribution in [0.15, 0.2) is 48.5 Å². The molecule has 0 spiro atoms. The van der Waals surface area contributed by atoms with E-state index in [9.17, 15) is 27.2 Å². The molecule has 0 aliphatic rings. The number of ether oxygens (including phenoxy) is 1. The van der Waals surface area contributed by atoms with E-state index in [1.165, 1.54) is 24.3 Å². The van der Waals surface area contributed by atoms with Crippen LogP contribution in [0.1, 0.15) is 21.5 Å². The first kappa shape index (κ1) is 18.4. The van der Waals surface area contributed by atoms with Gasteiger partial charge in [0.25, 0.3) is 5.91 Å². The maximum atomic E-state index is 12.7. The van der Waals surface area contributed by atoms with Gasteiger partial charge in [0.05, 0.1) is 11.1 Å². The largest absolute Gasteiger partial charge is 0.452 e. The van der Waals surface area contributed by atoms with Crippen molar-refractivity contribution in [3.8, 4) is 0 Å². The minimum absolute atomic E-state index is 0.0760. The zero-order valence-electron chi connectivity index (χ0n) is 12.8. The second-order valence-electron chi connectivity index (χ2n) is 5.06. The standard InChI is InChI=1S/C17H13F4NO3/c18-14-6-4-12(5-7-14)16(24)25-10-15(23)22-9-11-2-1-3-13(8-11)17(19,20)21/h1-8H,9-10H2,(H,22,23). The fourth-order valence-corrected chi connectivity index (χ4v) is 1.91. The number of rotatable bonds is 5. The Bertz CT molecular complexity index is 757. The summed E-state index contributed by atoms with van der Waals surface area (Å²) in [5, 5.41) is 2.35. The maximum absolute atomic E-state index is 12.7. The topological polar surface area (TPSA) is 55.4 Å². The number of hydrogen-bond donors (Lipinski definition) is 1. The minimum Gasteiger partial charge on any atom is -0.452 e. The maximum Gasteiger partial charge on any atom is 0.416 e. The Morgan fingerprint density at radius 1 is 1.04 bits per heavy atom. The SMILES string of the molecule is O=C(COC(=O)c1ccc(F)cc1)NCc1cccc(C(F)(F)F)c1. The molecule has 8 heteroatoms. The number of carbonyl (C=O) groups excluding carboxylic acids is 2. The molecule has 0 atom stereocenters. The third-order valence-corrected chi connectivity index (χ3v) is 3.16. The van der Waals surface area contributed by atoms with Crippen LogP contribution in [0.3, 0.4) is 0 Å². The third kappa shape index (κ3) is 5.59. The van der Waals surface area contributed by atoms with Crippen molar-refractivity contribution >= 4 is 11.9 Å². The fraction of sp³-hybridized carbons (Fsp3) is 0.176. The Balaban J connectivity index is 1.83. The van der Waals surface area contributed by atoms with Crippen LogP contribution < -0.4 is 5.32 Å². The number of benzene rings is 2. The molecule has 25 heavy (non-hydrogen) atoms. The molecule has 2 aromatic carbocycles. The molecule has 132 valence electrons. The number of carbonyl (C=O) groups is 2. The van der Waals surface area contributed by atoms with Gasteiger partial charge in [0, 0.05) is 6.54 Å². The quantitative estimate of drug-likeness (QED) is 0.661. The van der Waals surface area contributed by atoms with Crippen molar-refractivity contribution in [3.63, 3.8) is 0 Å². The summed E-state index contributed by atoms with van der Waals surface area (Å²) in [6, 6.07) is 9.07. The molecule has 0 radical (unpaired) electrons. The minimum atomic E-state index is -4.47. The van der Waals surface area contributed by atoms with Gasteiger partial charge in [-0.2, -0.15) is 13.2 Å². The Hall–Kier alpha value is -2.90. The molecule has 1 amide bonds. The van der Waals surface area contributed by atoms with E-state index in [2.05, 4.69) is 5.32 Å². The Morgan fingerprint density at radius 2 is 1.72 bits per heavy atom. The van der Waals surface area contributed by atoms with E-state index in [0.29, 0.717) is 0 Å². The lowest BCUT2D eigenvalue weighted by atomic mass is 10.1. The molecule has 1 N–H and O–H groups in total. The number of amides is 1. The highest BCUT2D eigenvalue weighted by Crippen LogP contribution is 2.29. The van der Waals surface area contributed by atoms with Crippen LogP contribution >= 0.6 is 0 Å². The van der Waals surface area contributed by atoms with Crippen molar-refractivity contribution in [1.82, 2.24) is 5.32 Å². The van der Waals surface area contributed by atoms with Crippen LogP contribution in [0.5, 0.6) is 0 Å². The van der Waals surface area contributed by atoms with E-state index >= 15 is 0 Å². The van der Waals surface area contributed by atoms with E-state index in [1.54, 1.807) is 0 Å². The van der Waals surface area contributed by atoms with Gasteiger partial charge in [-0.05, 0) is 42.0 Å². The molecule has 0 aromatic heterocycles. The summed E-state index contributed by atoms with van der Waals surface area (Å²) in [5.74, 6) is -2.00. The predicted octanol–water partition coefficient (Wildman–Crippen LogP) is 3.32. The highest BCUT2D eigenvalue weighted by molar-refractivity contribution is 5.91. The molecule has 0 saturated carbocycles. The lowest BCUT2D eigenvalue weighted by Crippen LogP contribution is -2.28. The van der Waals surface area contributed by atoms with Crippen molar-refractivity contribution in [1.29, 1.82) is 0 Å².